The van der Waals surface area contributed by atoms with Gasteiger partial charge in [-0.2, -0.15) is 0 Å². The molecule has 58 valence electrons. The average molecular weight is 165 g/mol. The fraction of sp³-hybridized carbons (Fsp3) is 0.667. The van der Waals surface area contributed by atoms with Crippen LogP contribution in [0.25, 0.3) is 0 Å². The van der Waals surface area contributed by atoms with E-state index in [1.54, 1.807) is 0 Å². The summed E-state index contributed by atoms with van der Waals surface area (Å²) in [6, 6.07) is 0. The molecule has 0 aliphatic rings. The van der Waals surface area contributed by atoms with Crippen LogP contribution in [0.15, 0.2) is 0 Å². The quantitative estimate of drug-likeness (QED) is 0.241. The Labute approximate surface area is 62.4 Å². The largest absolute Gasteiger partial charge is 0.376 e. The maximum Gasteiger partial charge on any atom is 0.294 e. The molecule has 0 aromatic rings. The molecule has 0 bridgehead atoms. The Morgan fingerprint density at radius 2 is 2.50 bits per heavy atom. The first-order valence-corrected chi connectivity index (χ1v) is 2.84. The summed E-state index contributed by atoms with van der Waals surface area (Å²) in [6.07, 6.45) is 0. The molecular formula is C3H7N3O3S. The van der Waals surface area contributed by atoms with Crippen LogP contribution in [0.1, 0.15) is 0 Å². The molecular weight excluding hydrogens is 158 g/mol. The zero-order valence-corrected chi connectivity index (χ0v) is 5.89. The monoisotopic (exact) mass is 165 g/mol. The molecule has 7 heteroatoms. The Bertz CT molecular complexity index is 123. The molecule has 0 aromatic carbocycles. The fourth-order valence-corrected chi connectivity index (χ4v) is 0.396. The van der Waals surface area contributed by atoms with Crippen molar-refractivity contribution >= 4 is 17.3 Å². The van der Waals surface area contributed by atoms with E-state index in [-0.39, 0.29) is 18.3 Å². The lowest BCUT2D eigenvalue weighted by Gasteiger charge is -2.00. The van der Waals surface area contributed by atoms with Crippen LogP contribution in [-0.4, -0.2) is 23.4 Å². The molecule has 0 atom stereocenters. The summed E-state index contributed by atoms with van der Waals surface area (Å²) in [5.74, 6) is 0. The number of thiocarbonyl (C=S) groups is 1. The number of hydrogen-bond acceptors (Lipinski definition) is 4. The lowest BCUT2D eigenvalue weighted by molar-refractivity contribution is -0.757. The summed E-state index contributed by atoms with van der Waals surface area (Å²) >= 11 is 4.42. The van der Waals surface area contributed by atoms with E-state index in [0.717, 1.165) is 0 Å². The third kappa shape index (κ3) is 6.89. The molecule has 0 aromatic heterocycles. The fourth-order valence-electron chi connectivity index (χ4n) is 0.294. The first-order valence-electron chi connectivity index (χ1n) is 2.43. The molecule has 0 saturated carbocycles. The average Bonchev–Trinajstić information content (AvgIpc) is 1.79. The van der Waals surface area contributed by atoms with Crippen LogP contribution in [0.3, 0.4) is 0 Å². The van der Waals surface area contributed by atoms with Crippen LogP contribution in [0.5, 0.6) is 0 Å². The number of nitrogens with one attached hydrogen (secondary N) is 1. The van der Waals surface area contributed by atoms with Gasteiger partial charge in [-0.05, 0) is 12.2 Å². The minimum atomic E-state index is -0.874. The SMILES string of the molecule is NC(=S)NCCO[N+](=O)[O-]. The molecule has 10 heavy (non-hydrogen) atoms. The van der Waals surface area contributed by atoms with Crippen LogP contribution in [0.2, 0.25) is 0 Å². The van der Waals surface area contributed by atoms with Gasteiger partial charge in [0.2, 0.25) is 0 Å². The second-order valence-corrected chi connectivity index (χ2v) is 1.79. The van der Waals surface area contributed by atoms with Gasteiger partial charge in [0, 0.05) is 6.54 Å². The molecule has 0 aliphatic carbocycles. The molecule has 6 nitrogen and oxygen atoms in total. The van der Waals surface area contributed by atoms with Gasteiger partial charge in [-0.25, -0.2) is 0 Å². The predicted octanol–water partition coefficient (Wildman–Crippen LogP) is -0.972. The third-order valence-corrected chi connectivity index (χ3v) is 0.742. The van der Waals surface area contributed by atoms with Gasteiger partial charge < -0.3 is 15.9 Å². The first kappa shape index (κ1) is 8.89. The van der Waals surface area contributed by atoms with Gasteiger partial charge in [-0.15, -0.1) is 10.1 Å². The zero-order valence-electron chi connectivity index (χ0n) is 5.07. The molecule has 0 spiro atoms. The Kier molecular flexibility index (Phi) is 4.21. The van der Waals surface area contributed by atoms with E-state index in [0.29, 0.717) is 0 Å². The highest BCUT2D eigenvalue weighted by Crippen LogP contribution is 1.71. The summed E-state index contributed by atoms with van der Waals surface area (Å²) in [4.78, 5) is 13.5. The van der Waals surface area contributed by atoms with Crippen molar-refractivity contribution in [3.63, 3.8) is 0 Å². The number of hydrogen-bond donors (Lipinski definition) is 2. The molecule has 0 saturated heterocycles. The lowest BCUT2D eigenvalue weighted by atomic mass is 10.7. The number of rotatable bonds is 4. The highest BCUT2D eigenvalue weighted by atomic mass is 32.1. The van der Waals surface area contributed by atoms with Crippen molar-refractivity contribution in [1.29, 1.82) is 0 Å². The predicted molar refractivity (Wildman–Crippen MR) is 37.7 cm³/mol. The highest BCUT2D eigenvalue weighted by molar-refractivity contribution is 7.80. The third-order valence-electron chi connectivity index (χ3n) is 0.598. The molecule has 0 heterocycles. The minimum absolute atomic E-state index is 0.0513. The van der Waals surface area contributed by atoms with E-state index in [1.807, 2.05) is 0 Å². The first-order chi connectivity index (χ1) is 4.63. The van der Waals surface area contributed by atoms with Crippen molar-refractivity contribution < 1.29 is 9.92 Å². The van der Waals surface area contributed by atoms with Crippen LogP contribution in [-0.2, 0) is 4.84 Å². The maximum atomic E-state index is 9.54. The van der Waals surface area contributed by atoms with E-state index < -0.39 is 5.09 Å². The minimum Gasteiger partial charge on any atom is -0.376 e. The van der Waals surface area contributed by atoms with E-state index in [1.165, 1.54) is 0 Å². The van der Waals surface area contributed by atoms with Crippen LogP contribution in [0, 0.1) is 10.1 Å². The number of nitrogens with two attached hydrogens (primary N) is 1. The summed E-state index contributed by atoms with van der Waals surface area (Å²) < 4.78 is 0. The summed E-state index contributed by atoms with van der Waals surface area (Å²) in [5, 5.41) is 11.2. The van der Waals surface area contributed by atoms with Gasteiger partial charge in [-0.1, -0.05) is 0 Å². The summed E-state index contributed by atoms with van der Waals surface area (Å²) in [5.41, 5.74) is 5.00. The topological polar surface area (TPSA) is 90.4 Å². The van der Waals surface area contributed by atoms with Crippen molar-refractivity contribution in [3.8, 4) is 0 Å². The van der Waals surface area contributed by atoms with Crippen molar-refractivity contribution in [3.05, 3.63) is 10.1 Å². The van der Waals surface area contributed by atoms with E-state index >= 15 is 0 Å². The van der Waals surface area contributed by atoms with Crippen molar-refractivity contribution in [2.75, 3.05) is 13.2 Å². The van der Waals surface area contributed by atoms with Crippen molar-refractivity contribution in [1.82, 2.24) is 5.32 Å². The Morgan fingerprint density at radius 1 is 1.90 bits per heavy atom. The Balaban J connectivity index is 3.06. The van der Waals surface area contributed by atoms with Gasteiger partial charge in [0.05, 0.1) is 0 Å². The molecule has 3 N–H and O–H groups in total. The van der Waals surface area contributed by atoms with Gasteiger partial charge >= 0.3 is 0 Å². The van der Waals surface area contributed by atoms with Crippen molar-refractivity contribution in [2.24, 2.45) is 5.73 Å². The molecule has 0 radical (unpaired) electrons. The Morgan fingerprint density at radius 3 is 2.90 bits per heavy atom. The molecule has 0 unspecified atom stereocenters. The van der Waals surface area contributed by atoms with Gasteiger partial charge in [-0.3, -0.25) is 0 Å². The normalized spacial score (nSPS) is 8.40. The van der Waals surface area contributed by atoms with E-state index in [9.17, 15) is 10.1 Å². The summed E-state index contributed by atoms with van der Waals surface area (Å²) in [7, 11) is 0. The van der Waals surface area contributed by atoms with Gasteiger partial charge in [0.1, 0.15) is 6.61 Å². The maximum absolute atomic E-state index is 9.54. The zero-order chi connectivity index (χ0) is 7.98. The van der Waals surface area contributed by atoms with Gasteiger partial charge in [0.25, 0.3) is 5.09 Å². The standard InChI is InChI=1S/C3H7N3O3S/c4-3(10)5-1-2-9-6(7)8/h1-2H2,(H3,4,5,10). The van der Waals surface area contributed by atoms with E-state index in [2.05, 4.69) is 22.4 Å². The van der Waals surface area contributed by atoms with E-state index in [4.69, 9.17) is 5.73 Å². The smallest absolute Gasteiger partial charge is 0.294 e. The summed E-state index contributed by atoms with van der Waals surface area (Å²) in [6.45, 7) is 0.195. The molecule has 0 rings (SSSR count). The van der Waals surface area contributed by atoms with Crippen molar-refractivity contribution in [2.45, 2.75) is 0 Å². The molecule has 0 fully saturated rings. The van der Waals surface area contributed by atoms with Crippen LogP contribution >= 0.6 is 12.2 Å². The second kappa shape index (κ2) is 4.74. The lowest BCUT2D eigenvalue weighted by Crippen LogP contribution is -2.32. The second-order valence-electron chi connectivity index (χ2n) is 1.35. The van der Waals surface area contributed by atoms with Crippen LogP contribution < -0.4 is 11.1 Å². The van der Waals surface area contributed by atoms with Crippen LogP contribution in [0.4, 0.5) is 0 Å². The van der Waals surface area contributed by atoms with Gasteiger partial charge in [0.15, 0.2) is 5.11 Å². The Hall–Kier alpha value is -1.11. The highest BCUT2D eigenvalue weighted by Gasteiger charge is 1.92. The molecule has 0 amide bonds. The number of nitrogens with zero attached hydrogens (tertiary/aromatic N) is 1. The molecule has 0 aliphatic heterocycles.